The van der Waals surface area contributed by atoms with Gasteiger partial charge in [-0.2, -0.15) is 0 Å². The van der Waals surface area contributed by atoms with Crippen molar-refractivity contribution in [2.24, 2.45) is 0 Å². The Labute approximate surface area is 128 Å². The molecule has 1 heterocycles. The van der Waals surface area contributed by atoms with E-state index in [-0.39, 0.29) is 24.8 Å². The maximum absolute atomic E-state index is 13.1. The van der Waals surface area contributed by atoms with E-state index in [9.17, 15) is 9.18 Å². The van der Waals surface area contributed by atoms with Crippen LogP contribution in [-0.2, 0) is 4.79 Å². The summed E-state index contributed by atoms with van der Waals surface area (Å²) >= 11 is 5.77. The molecule has 1 aliphatic rings. The van der Waals surface area contributed by atoms with E-state index in [2.05, 4.69) is 5.32 Å². The molecule has 0 saturated heterocycles. The van der Waals surface area contributed by atoms with Gasteiger partial charge in [-0.15, -0.1) is 0 Å². The predicted molar refractivity (Wildman–Crippen MR) is 80.2 cm³/mol. The van der Waals surface area contributed by atoms with Crippen LogP contribution in [-0.4, -0.2) is 43.6 Å². The van der Waals surface area contributed by atoms with Gasteiger partial charge in [0.25, 0.3) is 0 Å². The lowest BCUT2D eigenvalue weighted by Gasteiger charge is -2.23. The Balaban J connectivity index is 1.61. The van der Waals surface area contributed by atoms with Crippen molar-refractivity contribution in [1.29, 1.82) is 0 Å². The largest absolute Gasteiger partial charge is 0.492 e. The van der Waals surface area contributed by atoms with Crippen LogP contribution in [0.15, 0.2) is 36.2 Å². The molecule has 1 aromatic rings. The van der Waals surface area contributed by atoms with Crippen molar-refractivity contribution in [1.82, 2.24) is 10.2 Å². The van der Waals surface area contributed by atoms with Crippen LogP contribution in [0.4, 0.5) is 4.39 Å². The molecule has 1 aromatic carbocycles. The fourth-order valence-electron chi connectivity index (χ4n) is 2.05. The summed E-state index contributed by atoms with van der Waals surface area (Å²) < 4.78 is 18.5. The first-order valence-corrected chi connectivity index (χ1v) is 7.23. The van der Waals surface area contributed by atoms with Gasteiger partial charge in [0.15, 0.2) is 0 Å². The fourth-order valence-corrected chi connectivity index (χ4v) is 2.17. The van der Waals surface area contributed by atoms with Crippen LogP contribution in [0.2, 0.25) is 5.02 Å². The molecule has 0 aromatic heterocycles. The van der Waals surface area contributed by atoms with Crippen molar-refractivity contribution in [2.45, 2.75) is 6.42 Å². The number of halogens is 2. The van der Waals surface area contributed by atoms with Crippen molar-refractivity contribution in [2.75, 3.05) is 32.8 Å². The van der Waals surface area contributed by atoms with Gasteiger partial charge >= 0.3 is 0 Å². The van der Waals surface area contributed by atoms with E-state index in [0.29, 0.717) is 36.9 Å². The molecule has 1 N–H and O–H groups in total. The number of rotatable bonds is 6. The lowest BCUT2D eigenvalue weighted by atomic mass is 10.2. The number of nitrogens with one attached hydrogen (secondary N) is 1. The zero-order valence-corrected chi connectivity index (χ0v) is 12.4. The Morgan fingerprint density at radius 1 is 1.38 bits per heavy atom. The maximum Gasteiger partial charge on any atom is 0.234 e. The molecule has 0 aliphatic carbocycles. The molecule has 0 saturated carbocycles. The van der Waals surface area contributed by atoms with Gasteiger partial charge in [-0.25, -0.2) is 4.39 Å². The Kier molecular flexibility index (Phi) is 6.02. The van der Waals surface area contributed by atoms with Crippen molar-refractivity contribution < 1.29 is 13.9 Å². The maximum atomic E-state index is 13.1. The number of ether oxygens (including phenoxy) is 1. The molecule has 0 radical (unpaired) electrons. The number of nitrogens with zero attached hydrogens (tertiary/aromatic N) is 1. The van der Waals surface area contributed by atoms with Crippen LogP contribution < -0.4 is 10.1 Å². The van der Waals surface area contributed by atoms with E-state index >= 15 is 0 Å². The molecule has 6 heteroatoms. The van der Waals surface area contributed by atoms with Gasteiger partial charge in [0, 0.05) is 11.6 Å². The Bertz CT molecular complexity index is 505. The second-order valence-electron chi connectivity index (χ2n) is 4.80. The molecular weight excluding hydrogens is 295 g/mol. The highest BCUT2D eigenvalue weighted by Gasteiger charge is 2.15. The van der Waals surface area contributed by atoms with Gasteiger partial charge in [-0.3, -0.25) is 9.69 Å². The van der Waals surface area contributed by atoms with Crippen molar-refractivity contribution >= 4 is 17.5 Å². The Morgan fingerprint density at radius 2 is 2.14 bits per heavy atom. The summed E-state index contributed by atoms with van der Waals surface area (Å²) in [6, 6.07) is 7.03. The number of amides is 1. The standard InChI is InChI=1S/C15H18ClFN2O2/c16-12-3-5-14(6-4-12)21-9-7-18-15(20)11-19-8-1-2-13(17)10-19/h2-6H,1,7-11H2,(H,18,20). The minimum Gasteiger partial charge on any atom is -0.492 e. The summed E-state index contributed by atoms with van der Waals surface area (Å²) in [5, 5.41) is 3.40. The highest BCUT2D eigenvalue weighted by Crippen LogP contribution is 2.15. The van der Waals surface area contributed by atoms with Crippen LogP contribution in [0.5, 0.6) is 5.75 Å². The highest BCUT2D eigenvalue weighted by atomic mass is 35.5. The van der Waals surface area contributed by atoms with E-state index < -0.39 is 0 Å². The quantitative estimate of drug-likeness (QED) is 0.820. The van der Waals surface area contributed by atoms with E-state index in [0.717, 1.165) is 0 Å². The van der Waals surface area contributed by atoms with Crippen LogP contribution >= 0.6 is 11.6 Å². The van der Waals surface area contributed by atoms with Crippen LogP contribution in [0.3, 0.4) is 0 Å². The fraction of sp³-hybridized carbons (Fsp3) is 0.400. The lowest BCUT2D eigenvalue weighted by Crippen LogP contribution is -2.40. The predicted octanol–water partition coefficient (Wildman–Crippen LogP) is 2.39. The van der Waals surface area contributed by atoms with Gasteiger partial charge in [0.1, 0.15) is 18.2 Å². The van der Waals surface area contributed by atoms with Crippen LogP contribution in [0, 0.1) is 0 Å². The van der Waals surface area contributed by atoms with E-state index in [4.69, 9.17) is 16.3 Å². The molecule has 2 rings (SSSR count). The zero-order valence-electron chi connectivity index (χ0n) is 11.6. The molecule has 0 fully saturated rings. The second kappa shape index (κ2) is 8.00. The summed E-state index contributed by atoms with van der Waals surface area (Å²) in [6.07, 6.45) is 2.22. The first-order chi connectivity index (χ1) is 10.1. The first kappa shape index (κ1) is 15.8. The van der Waals surface area contributed by atoms with Gasteiger partial charge in [0.05, 0.1) is 19.6 Å². The third-order valence-corrected chi connectivity index (χ3v) is 3.31. The van der Waals surface area contributed by atoms with Gasteiger partial charge in [-0.05, 0) is 30.7 Å². The molecule has 1 amide bonds. The zero-order chi connectivity index (χ0) is 15.1. The normalized spacial score (nSPS) is 15.4. The van der Waals surface area contributed by atoms with Crippen LogP contribution in [0.1, 0.15) is 6.42 Å². The molecule has 1 aliphatic heterocycles. The highest BCUT2D eigenvalue weighted by molar-refractivity contribution is 6.30. The SMILES string of the molecule is O=C(CN1CCC=C(F)C1)NCCOc1ccc(Cl)cc1. The first-order valence-electron chi connectivity index (χ1n) is 6.85. The van der Waals surface area contributed by atoms with E-state index in [1.54, 1.807) is 35.2 Å². The smallest absolute Gasteiger partial charge is 0.234 e. The van der Waals surface area contributed by atoms with Crippen molar-refractivity contribution in [3.63, 3.8) is 0 Å². The number of carbonyl (C=O) groups is 1. The van der Waals surface area contributed by atoms with Gasteiger partial charge in [0.2, 0.25) is 5.91 Å². The third-order valence-electron chi connectivity index (χ3n) is 3.06. The van der Waals surface area contributed by atoms with Crippen molar-refractivity contribution in [3.05, 3.63) is 41.2 Å². The monoisotopic (exact) mass is 312 g/mol. The summed E-state index contributed by atoms with van der Waals surface area (Å²) in [5.74, 6) is 0.418. The second-order valence-corrected chi connectivity index (χ2v) is 5.24. The lowest BCUT2D eigenvalue weighted by molar-refractivity contribution is -0.122. The average Bonchev–Trinajstić information content (AvgIpc) is 2.45. The summed E-state index contributed by atoms with van der Waals surface area (Å²) in [7, 11) is 0. The van der Waals surface area contributed by atoms with Gasteiger partial charge < -0.3 is 10.1 Å². The molecule has 21 heavy (non-hydrogen) atoms. The topological polar surface area (TPSA) is 41.6 Å². The van der Waals surface area contributed by atoms with E-state index in [1.807, 2.05) is 0 Å². The van der Waals surface area contributed by atoms with Gasteiger partial charge in [-0.1, -0.05) is 17.7 Å². The molecule has 0 unspecified atom stereocenters. The third kappa shape index (κ3) is 5.73. The molecular formula is C15H18ClFN2O2. The molecule has 114 valence electrons. The summed E-state index contributed by atoms with van der Waals surface area (Å²) in [5.41, 5.74) is 0. The number of hydrogen-bond acceptors (Lipinski definition) is 3. The molecule has 0 atom stereocenters. The molecule has 0 bridgehead atoms. The average molecular weight is 313 g/mol. The molecule has 4 nitrogen and oxygen atoms in total. The number of carbonyl (C=O) groups excluding carboxylic acids is 1. The van der Waals surface area contributed by atoms with Crippen LogP contribution in [0.25, 0.3) is 0 Å². The summed E-state index contributed by atoms with van der Waals surface area (Å²) in [4.78, 5) is 13.5. The Morgan fingerprint density at radius 3 is 2.86 bits per heavy atom. The van der Waals surface area contributed by atoms with Crippen molar-refractivity contribution in [3.8, 4) is 5.75 Å². The minimum atomic E-state index is -0.167. The minimum absolute atomic E-state index is 0.121. The Hall–Kier alpha value is -1.59. The molecule has 0 spiro atoms. The summed E-state index contributed by atoms with van der Waals surface area (Å²) in [6.45, 7) is 1.92. The number of benzene rings is 1. The number of hydrogen-bond donors (Lipinski definition) is 1. The van der Waals surface area contributed by atoms with E-state index in [1.165, 1.54) is 0 Å².